The second-order valence-corrected chi connectivity index (χ2v) is 7.30. The van der Waals surface area contributed by atoms with Crippen molar-refractivity contribution in [1.29, 1.82) is 0 Å². The van der Waals surface area contributed by atoms with Crippen molar-refractivity contribution in [1.82, 2.24) is 15.5 Å². The van der Waals surface area contributed by atoms with Gasteiger partial charge in [-0.15, -0.1) is 10.2 Å². The Morgan fingerprint density at radius 3 is 2.44 bits per heavy atom. The number of nitrogens with one attached hydrogen (secondary N) is 1. The van der Waals surface area contributed by atoms with Gasteiger partial charge in [0.15, 0.2) is 0 Å². The van der Waals surface area contributed by atoms with Gasteiger partial charge >= 0.3 is 6.18 Å². The number of aryl methyl sites for hydroxylation is 1. The third-order valence-corrected chi connectivity index (χ3v) is 5.43. The van der Waals surface area contributed by atoms with Gasteiger partial charge in [0.25, 0.3) is 0 Å². The van der Waals surface area contributed by atoms with Crippen molar-refractivity contribution < 1.29 is 22.3 Å². The van der Waals surface area contributed by atoms with Gasteiger partial charge in [0, 0.05) is 5.56 Å². The maximum atomic E-state index is 13.6. The van der Waals surface area contributed by atoms with E-state index < -0.39 is 23.4 Å². The quantitative estimate of drug-likeness (QED) is 0.817. The molecule has 1 N–H and O–H groups in total. The highest BCUT2D eigenvalue weighted by Gasteiger charge is 2.41. The van der Waals surface area contributed by atoms with Gasteiger partial charge in [-0.3, -0.25) is 0 Å². The van der Waals surface area contributed by atoms with Gasteiger partial charge in [0.05, 0.1) is 5.69 Å². The van der Waals surface area contributed by atoms with Crippen LogP contribution in [0.15, 0.2) is 24.3 Å². The zero-order chi connectivity index (χ0) is 19.2. The topological polar surface area (TPSA) is 47.0 Å². The molecular weight excluding hydrogens is 362 g/mol. The Hall–Kier alpha value is -2.22. The van der Waals surface area contributed by atoms with E-state index in [-0.39, 0.29) is 17.4 Å². The normalized spacial score (nSPS) is 24.9. The van der Waals surface area contributed by atoms with Crippen molar-refractivity contribution in [3.05, 3.63) is 41.2 Å². The number of hydrogen-bond donors (Lipinski definition) is 1. The predicted octanol–water partition coefficient (Wildman–Crippen LogP) is 3.99. The number of ether oxygens (including phenoxy) is 1. The van der Waals surface area contributed by atoms with Crippen LogP contribution in [0, 0.1) is 24.6 Å². The number of rotatable bonds is 3. The van der Waals surface area contributed by atoms with Crippen LogP contribution in [-0.4, -0.2) is 29.4 Å². The fourth-order valence-corrected chi connectivity index (χ4v) is 4.04. The van der Waals surface area contributed by atoms with Gasteiger partial charge in [0.2, 0.25) is 5.88 Å². The molecule has 1 aromatic carbocycles. The summed E-state index contributed by atoms with van der Waals surface area (Å²) >= 11 is 0. The van der Waals surface area contributed by atoms with Crippen LogP contribution in [0.3, 0.4) is 0 Å². The summed E-state index contributed by atoms with van der Waals surface area (Å²) in [6.07, 6.45) is -3.51. The van der Waals surface area contributed by atoms with Gasteiger partial charge in [-0.2, -0.15) is 13.2 Å². The Bertz CT molecular complexity index is 843. The molecule has 3 atom stereocenters. The van der Waals surface area contributed by atoms with Crippen LogP contribution in [0.4, 0.5) is 17.6 Å². The number of nitrogens with zero attached hydrogens (tertiary/aromatic N) is 2. The second kappa shape index (κ2) is 6.74. The third-order valence-electron chi connectivity index (χ3n) is 5.43. The lowest BCUT2D eigenvalue weighted by Crippen LogP contribution is -2.21. The summed E-state index contributed by atoms with van der Waals surface area (Å²) in [6.45, 7) is 3.43. The fourth-order valence-electron chi connectivity index (χ4n) is 4.04. The zero-order valence-corrected chi connectivity index (χ0v) is 14.7. The molecule has 1 saturated carbocycles. The zero-order valence-electron chi connectivity index (χ0n) is 14.7. The summed E-state index contributed by atoms with van der Waals surface area (Å²) in [5.74, 6) is -0.173. The van der Waals surface area contributed by atoms with Gasteiger partial charge < -0.3 is 10.1 Å². The SMILES string of the molecule is Cc1ccc(F)cc1-c1cc(C(F)(F)F)c(OC2C[C@H]3CNC[C@H]3C2)nn1. The minimum absolute atomic E-state index is 0.0285. The summed E-state index contributed by atoms with van der Waals surface area (Å²) in [5, 5.41) is 10.9. The highest BCUT2D eigenvalue weighted by molar-refractivity contribution is 5.64. The van der Waals surface area contributed by atoms with Crippen molar-refractivity contribution in [3.8, 4) is 17.1 Å². The summed E-state index contributed by atoms with van der Waals surface area (Å²) in [4.78, 5) is 0. The molecule has 2 fully saturated rings. The number of aromatic nitrogens is 2. The monoisotopic (exact) mass is 381 g/mol. The first-order valence-corrected chi connectivity index (χ1v) is 8.90. The van der Waals surface area contributed by atoms with Crippen LogP contribution < -0.4 is 10.1 Å². The lowest BCUT2D eigenvalue weighted by molar-refractivity contribution is -0.139. The van der Waals surface area contributed by atoms with Gasteiger partial charge in [0.1, 0.15) is 17.5 Å². The molecule has 144 valence electrons. The molecule has 0 amide bonds. The van der Waals surface area contributed by atoms with E-state index in [9.17, 15) is 17.6 Å². The number of alkyl halides is 3. The first kappa shape index (κ1) is 18.2. The van der Waals surface area contributed by atoms with Crippen molar-refractivity contribution in [2.45, 2.75) is 32.0 Å². The molecule has 0 spiro atoms. The maximum Gasteiger partial charge on any atom is 0.421 e. The van der Waals surface area contributed by atoms with Crippen LogP contribution in [0.1, 0.15) is 24.0 Å². The minimum Gasteiger partial charge on any atom is -0.473 e. The Kier molecular flexibility index (Phi) is 4.53. The Labute approximate surface area is 153 Å². The van der Waals surface area contributed by atoms with E-state index in [1.807, 2.05) is 0 Å². The standard InChI is InChI=1S/C19H19F4N3O/c1-10-2-3-13(20)6-15(10)17-7-16(19(21,22)23)18(26-25-17)27-14-4-11-8-24-9-12(11)5-14/h2-3,6-7,11-12,14,24H,4-5,8-9H2,1H3/t11-,12+,14?. The van der Waals surface area contributed by atoms with Crippen LogP contribution in [-0.2, 0) is 6.18 Å². The highest BCUT2D eigenvalue weighted by atomic mass is 19.4. The molecule has 1 saturated heterocycles. The fraction of sp³-hybridized carbons (Fsp3) is 0.474. The molecule has 4 nitrogen and oxygen atoms in total. The molecule has 27 heavy (non-hydrogen) atoms. The first-order valence-electron chi connectivity index (χ1n) is 8.90. The average molecular weight is 381 g/mol. The molecule has 2 aromatic rings. The van der Waals surface area contributed by atoms with E-state index in [2.05, 4.69) is 15.5 Å². The van der Waals surface area contributed by atoms with Crippen LogP contribution in [0.5, 0.6) is 5.88 Å². The van der Waals surface area contributed by atoms with Gasteiger partial charge in [-0.1, -0.05) is 6.07 Å². The average Bonchev–Trinajstić information content (AvgIpc) is 3.18. The number of fused-ring (bicyclic) bond motifs is 1. The molecule has 1 aliphatic carbocycles. The summed E-state index contributed by atoms with van der Waals surface area (Å²) < 4.78 is 59.9. The molecule has 1 aliphatic heterocycles. The van der Waals surface area contributed by atoms with Crippen LogP contribution >= 0.6 is 0 Å². The first-order chi connectivity index (χ1) is 12.8. The van der Waals surface area contributed by atoms with Crippen molar-refractivity contribution >= 4 is 0 Å². The Morgan fingerprint density at radius 1 is 1.07 bits per heavy atom. The summed E-state index contributed by atoms with van der Waals surface area (Å²) in [5.41, 5.74) is -0.116. The lowest BCUT2D eigenvalue weighted by Gasteiger charge is -2.18. The number of benzene rings is 1. The molecule has 2 heterocycles. The molecule has 0 radical (unpaired) electrons. The van der Waals surface area contributed by atoms with Crippen molar-refractivity contribution in [3.63, 3.8) is 0 Å². The van der Waals surface area contributed by atoms with Crippen LogP contribution in [0.2, 0.25) is 0 Å². The predicted molar refractivity (Wildman–Crippen MR) is 90.7 cm³/mol. The van der Waals surface area contributed by atoms with Crippen molar-refractivity contribution in [2.75, 3.05) is 13.1 Å². The molecule has 1 aromatic heterocycles. The maximum absolute atomic E-state index is 13.6. The van der Waals surface area contributed by atoms with E-state index in [1.54, 1.807) is 6.92 Å². The highest BCUT2D eigenvalue weighted by Crippen LogP contribution is 2.41. The van der Waals surface area contributed by atoms with Crippen LogP contribution in [0.25, 0.3) is 11.3 Å². The molecule has 0 bridgehead atoms. The number of hydrogen-bond acceptors (Lipinski definition) is 4. The van der Waals surface area contributed by atoms with E-state index in [0.29, 0.717) is 30.2 Å². The van der Waals surface area contributed by atoms with E-state index in [4.69, 9.17) is 4.74 Å². The second-order valence-electron chi connectivity index (χ2n) is 7.30. The lowest BCUT2D eigenvalue weighted by atomic mass is 10.0. The molecule has 8 heteroatoms. The Balaban J connectivity index is 1.65. The summed E-state index contributed by atoms with van der Waals surface area (Å²) in [6, 6.07) is 4.79. The largest absolute Gasteiger partial charge is 0.473 e. The van der Waals surface area contributed by atoms with E-state index in [1.165, 1.54) is 12.1 Å². The smallest absolute Gasteiger partial charge is 0.421 e. The molecular formula is C19H19F4N3O. The van der Waals surface area contributed by atoms with E-state index >= 15 is 0 Å². The third kappa shape index (κ3) is 3.63. The molecule has 2 aliphatic rings. The molecule has 4 rings (SSSR count). The molecule has 1 unspecified atom stereocenters. The van der Waals surface area contributed by atoms with Crippen molar-refractivity contribution in [2.24, 2.45) is 11.8 Å². The van der Waals surface area contributed by atoms with Gasteiger partial charge in [-0.25, -0.2) is 4.39 Å². The van der Waals surface area contributed by atoms with E-state index in [0.717, 1.165) is 25.2 Å². The Morgan fingerprint density at radius 2 is 1.78 bits per heavy atom. The number of halogens is 4. The summed E-state index contributed by atoms with van der Waals surface area (Å²) in [7, 11) is 0. The minimum atomic E-state index is -4.64. The van der Waals surface area contributed by atoms with Gasteiger partial charge in [-0.05, 0) is 68.5 Å².